The van der Waals surface area contributed by atoms with E-state index in [9.17, 15) is 4.79 Å². The highest BCUT2D eigenvalue weighted by molar-refractivity contribution is 7.80. The van der Waals surface area contributed by atoms with Crippen molar-refractivity contribution in [1.29, 1.82) is 0 Å². The van der Waals surface area contributed by atoms with Crippen LogP contribution in [-0.4, -0.2) is 21.9 Å². The molecule has 0 spiro atoms. The summed E-state index contributed by atoms with van der Waals surface area (Å²) in [6.07, 6.45) is 0. The summed E-state index contributed by atoms with van der Waals surface area (Å²) in [5.74, 6) is 0.310. The standard InChI is InChI=1S/C9H13N3O2S/c1-4-7(14-6(3)11-4)9(13)12-5(2)8(10)15/h5H,1-3H3,(H2,10,15)(H,12,13). The maximum atomic E-state index is 11.6. The van der Waals surface area contributed by atoms with Gasteiger partial charge in [-0.25, -0.2) is 4.98 Å². The van der Waals surface area contributed by atoms with E-state index < -0.39 is 0 Å². The number of hydrogen-bond acceptors (Lipinski definition) is 4. The molecule has 1 unspecified atom stereocenters. The van der Waals surface area contributed by atoms with Crippen LogP contribution >= 0.6 is 12.2 Å². The minimum absolute atomic E-state index is 0.204. The van der Waals surface area contributed by atoms with Crippen LogP contribution in [0, 0.1) is 13.8 Å². The van der Waals surface area contributed by atoms with Gasteiger partial charge in [0.05, 0.1) is 16.7 Å². The first-order chi connectivity index (χ1) is 6.91. The number of nitrogens with two attached hydrogens (primary N) is 1. The number of aromatic nitrogens is 1. The topological polar surface area (TPSA) is 81.2 Å². The maximum absolute atomic E-state index is 11.6. The zero-order chi connectivity index (χ0) is 11.6. The number of oxazole rings is 1. The van der Waals surface area contributed by atoms with E-state index in [0.29, 0.717) is 11.6 Å². The number of carbonyl (C=O) groups excluding carboxylic acids is 1. The molecule has 0 saturated carbocycles. The summed E-state index contributed by atoms with van der Waals surface area (Å²) in [7, 11) is 0. The number of nitrogens with one attached hydrogen (secondary N) is 1. The van der Waals surface area contributed by atoms with E-state index >= 15 is 0 Å². The molecule has 0 radical (unpaired) electrons. The molecule has 6 heteroatoms. The van der Waals surface area contributed by atoms with Crippen LogP contribution in [0.2, 0.25) is 0 Å². The third-order valence-corrected chi connectivity index (χ3v) is 2.24. The van der Waals surface area contributed by atoms with E-state index in [2.05, 4.69) is 10.3 Å². The number of aryl methyl sites for hydroxylation is 2. The molecular weight excluding hydrogens is 214 g/mol. The van der Waals surface area contributed by atoms with Crippen molar-refractivity contribution in [2.24, 2.45) is 5.73 Å². The number of nitrogens with zero attached hydrogens (tertiary/aromatic N) is 1. The Morgan fingerprint density at radius 2 is 2.20 bits per heavy atom. The average molecular weight is 227 g/mol. The Hall–Kier alpha value is -1.43. The van der Waals surface area contributed by atoms with E-state index in [4.69, 9.17) is 22.4 Å². The molecule has 0 aliphatic heterocycles. The molecule has 3 N–H and O–H groups in total. The van der Waals surface area contributed by atoms with E-state index in [-0.39, 0.29) is 22.7 Å². The molecule has 15 heavy (non-hydrogen) atoms. The fraction of sp³-hybridized carbons (Fsp3) is 0.444. The van der Waals surface area contributed by atoms with Gasteiger partial charge in [0.1, 0.15) is 0 Å². The van der Waals surface area contributed by atoms with Gasteiger partial charge >= 0.3 is 0 Å². The SMILES string of the molecule is Cc1nc(C)c(C(=O)NC(C)C(N)=S)o1. The van der Waals surface area contributed by atoms with Crippen LogP contribution < -0.4 is 11.1 Å². The van der Waals surface area contributed by atoms with Gasteiger partial charge in [0.2, 0.25) is 5.76 Å². The van der Waals surface area contributed by atoms with Gasteiger partial charge in [0, 0.05) is 6.92 Å². The summed E-state index contributed by atoms with van der Waals surface area (Å²) in [5, 5.41) is 2.61. The number of carbonyl (C=O) groups is 1. The summed E-state index contributed by atoms with van der Waals surface area (Å²) in [6.45, 7) is 5.09. The monoisotopic (exact) mass is 227 g/mol. The first kappa shape index (κ1) is 11.6. The Balaban J connectivity index is 2.77. The zero-order valence-corrected chi connectivity index (χ0v) is 9.64. The predicted octanol–water partition coefficient (Wildman–Crippen LogP) is 0.696. The third kappa shape index (κ3) is 2.76. The normalized spacial score (nSPS) is 12.2. The molecule has 5 nitrogen and oxygen atoms in total. The molecule has 1 aromatic heterocycles. The van der Waals surface area contributed by atoms with Crippen molar-refractivity contribution < 1.29 is 9.21 Å². The second kappa shape index (κ2) is 4.39. The lowest BCUT2D eigenvalue weighted by Crippen LogP contribution is -2.41. The molecule has 1 aromatic rings. The molecule has 1 amide bonds. The second-order valence-corrected chi connectivity index (χ2v) is 3.72. The number of rotatable bonds is 3. The van der Waals surface area contributed by atoms with Gasteiger partial charge in [-0.15, -0.1) is 0 Å². The highest BCUT2D eigenvalue weighted by atomic mass is 32.1. The molecule has 1 heterocycles. The molecule has 1 atom stereocenters. The second-order valence-electron chi connectivity index (χ2n) is 3.24. The molecule has 82 valence electrons. The Morgan fingerprint density at radius 1 is 1.60 bits per heavy atom. The lowest BCUT2D eigenvalue weighted by atomic mass is 10.3. The first-order valence-electron chi connectivity index (χ1n) is 4.46. The summed E-state index contributed by atoms with van der Waals surface area (Å²) >= 11 is 4.74. The Morgan fingerprint density at radius 3 is 2.60 bits per heavy atom. The largest absolute Gasteiger partial charge is 0.436 e. The molecule has 0 fully saturated rings. The number of hydrogen-bond donors (Lipinski definition) is 2. The van der Waals surface area contributed by atoms with Crippen molar-refractivity contribution in [2.75, 3.05) is 0 Å². The van der Waals surface area contributed by atoms with Crippen LogP contribution in [0.3, 0.4) is 0 Å². The van der Waals surface area contributed by atoms with Crippen molar-refractivity contribution in [2.45, 2.75) is 26.8 Å². The van der Waals surface area contributed by atoms with Crippen molar-refractivity contribution in [3.05, 3.63) is 17.3 Å². The van der Waals surface area contributed by atoms with Gasteiger partial charge in [-0.3, -0.25) is 4.79 Å². The van der Waals surface area contributed by atoms with Crippen LogP contribution in [0.15, 0.2) is 4.42 Å². The van der Waals surface area contributed by atoms with Crippen LogP contribution in [0.25, 0.3) is 0 Å². The summed E-state index contributed by atoms with van der Waals surface area (Å²) < 4.78 is 5.15. The van der Waals surface area contributed by atoms with Gasteiger partial charge in [-0.2, -0.15) is 0 Å². The van der Waals surface area contributed by atoms with Crippen LogP contribution in [-0.2, 0) is 0 Å². The summed E-state index contributed by atoms with van der Waals surface area (Å²) in [6, 6.07) is -0.364. The van der Waals surface area contributed by atoms with E-state index in [1.165, 1.54) is 0 Å². The van der Waals surface area contributed by atoms with Crippen LogP contribution in [0.4, 0.5) is 0 Å². The van der Waals surface area contributed by atoms with Gasteiger partial charge < -0.3 is 15.5 Å². The molecule has 0 bridgehead atoms. The predicted molar refractivity (Wildman–Crippen MR) is 59.7 cm³/mol. The number of amides is 1. The number of thiocarbonyl (C=S) groups is 1. The molecule has 1 rings (SSSR count). The average Bonchev–Trinajstić information content (AvgIpc) is 2.44. The fourth-order valence-corrected chi connectivity index (χ4v) is 1.13. The van der Waals surface area contributed by atoms with E-state index in [1.807, 2.05) is 0 Å². The maximum Gasteiger partial charge on any atom is 0.289 e. The Kier molecular flexibility index (Phi) is 3.41. The molecule has 0 aliphatic carbocycles. The van der Waals surface area contributed by atoms with Crippen molar-refractivity contribution in [3.8, 4) is 0 Å². The van der Waals surface area contributed by atoms with E-state index in [1.54, 1.807) is 20.8 Å². The Labute approximate surface area is 93.0 Å². The van der Waals surface area contributed by atoms with Gasteiger partial charge in [-0.1, -0.05) is 12.2 Å². The summed E-state index contributed by atoms with van der Waals surface area (Å²) in [4.78, 5) is 15.9. The summed E-state index contributed by atoms with van der Waals surface area (Å²) in [5.41, 5.74) is 5.93. The lowest BCUT2D eigenvalue weighted by Gasteiger charge is -2.10. The zero-order valence-electron chi connectivity index (χ0n) is 8.83. The first-order valence-corrected chi connectivity index (χ1v) is 4.87. The highest BCUT2D eigenvalue weighted by Gasteiger charge is 2.18. The quantitative estimate of drug-likeness (QED) is 0.743. The molecular formula is C9H13N3O2S. The Bertz CT molecular complexity index is 400. The van der Waals surface area contributed by atoms with Crippen molar-refractivity contribution in [1.82, 2.24) is 10.3 Å². The smallest absolute Gasteiger partial charge is 0.289 e. The minimum Gasteiger partial charge on any atom is -0.436 e. The van der Waals surface area contributed by atoms with Crippen molar-refractivity contribution >= 4 is 23.1 Å². The van der Waals surface area contributed by atoms with Gasteiger partial charge in [0.15, 0.2) is 5.89 Å². The van der Waals surface area contributed by atoms with Gasteiger partial charge in [-0.05, 0) is 13.8 Å². The molecule has 0 saturated heterocycles. The van der Waals surface area contributed by atoms with Crippen molar-refractivity contribution in [3.63, 3.8) is 0 Å². The lowest BCUT2D eigenvalue weighted by molar-refractivity contribution is 0.0919. The highest BCUT2D eigenvalue weighted by Crippen LogP contribution is 2.09. The minimum atomic E-state index is -0.364. The molecule has 0 aromatic carbocycles. The molecule has 0 aliphatic rings. The van der Waals surface area contributed by atoms with Gasteiger partial charge in [0.25, 0.3) is 5.91 Å². The van der Waals surface area contributed by atoms with Crippen LogP contribution in [0.1, 0.15) is 29.1 Å². The third-order valence-electron chi connectivity index (χ3n) is 1.88. The fourth-order valence-electron chi connectivity index (χ4n) is 1.08. The van der Waals surface area contributed by atoms with E-state index in [0.717, 1.165) is 0 Å². The van der Waals surface area contributed by atoms with Crippen LogP contribution in [0.5, 0.6) is 0 Å².